The number of para-hydroxylation sites is 1. The Morgan fingerprint density at radius 1 is 1.00 bits per heavy atom. The van der Waals surface area contributed by atoms with Crippen molar-refractivity contribution in [2.24, 2.45) is 0 Å². The average molecular weight is 370 g/mol. The van der Waals surface area contributed by atoms with Crippen molar-refractivity contribution in [1.82, 2.24) is 15.2 Å². The second-order valence-electron chi connectivity index (χ2n) is 5.05. The van der Waals surface area contributed by atoms with Gasteiger partial charge in [-0.2, -0.15) is 5.10 Å². The van der Waals surface area contributed by atoms with E-state index in [1.807, 2.05) is 30.3 Å². The first kappa shape index (κ1) is 13.7. The highest BCUT2D eigenvalue weighted by atomic mass is 79.9. The molecule has 108 valence electrons. The average Bonchev–Trinajstić information content (AvgIpc) is 3.11. The lowest BCUT2D eigenvalue weighted by Crippen LogP contribution is -1.82. The molecule has 4 rings (SSSR count). The van der Waals surface area contributed by atoms with Gasteiger partial charge in [0.1, 0.15) is 10.7 Å². The number of hydrogen-bond acceptors (Lipinski definition) is 3. The highest BCUT2D eigenvalue weighted by Gasteiger charge is 2.15. The van der Waals surface area contributed by atoms with Crippen LogP contribution in [0.3, 0.4) is 0 Å². The predicted octanol–water partition coefficient (Wildman–Crippen LogP) is 5.42. The van der Waals surface area contributed by atoms with E-state index in [0.717, 1.165) is 37.3 Å². The molecule has 2 aromatic carbocycles. The molecule has 0 fully saturated rings. The Bertz CT molecular complexity index is 954. The minimum Gasteiger partial charge on any atom is -0.277 e. The highest BCUT2D eigenvalue weighted by Crippen LogP contribution is 2.35. The van der Waals surface area contributed by atoms with Gasteiger partial charge < -0.3 is 0 Å². The van der Waals surface area contributed by atoms with E-state index in [1.54, 1.807) is 11.3 Å². The summed E-state index contributed by atoms with van der Waals surface area (Å²) < 4.78 is 1.07. The van der Waals surface area contributed by atoms with E-state index in [4.69, 9.17) is 4.98 Å². The van der Waals surface area contributed by atoms with E-state index in [2.05, 4.69) is 51.3 Å². The SMILES string of the molecule is Cc1sc(-c2n[nH]c3ccccc23)nc1-c1ccc(Br)cc1. The third-order valence-electron chi connectivity index (χ3n) is 3.59. The smallest absolute Gasteiger partial charge is 0.145 e. The number of aryl methyl sites for hydroxylation is 1. The molecule has 2 heterocycles. The lowest BCUT2D eigenvalue weighted by Gasteiger charge is -1.98. The van der Waals surface area contributed by atoms with E-state index < -0.39 is 0 Å². The molecule has 0 unspecified atom stereocenters. The van der Waals surface area contributed by atoms with Gasteiger partial charge in [-0.25, -0.2) is 4.98 Å². The van der Waals surface area contributed by atoms with Crippen molar-refractivity contribution < 1.29 is 0 Å². The van der Waals surface area contributed by atoms with Gasteiger partial charge in [-0.05, 0) is 25.1 Å². The number of nitrogens with one attached hydrogen (secondary N) is 1. The molecule has 5 heteroatoms. The number of thiazole rings is 1. The van der Waals surface area contributed by atoms with Gasteiger partial charge in [-0.1, -0.05) is 46.3 Å². The minimum atomic E-state index is 0.923. The number of benzene rings is 2. The van der Waals surface area contributed by atoms with Gasteiger partial charge in [0.2, 0.25) is 0 Å². The van der Waals surface area contributed by atoms with Crippen LogP contribution in [-0.4, -0.2) is 15.2 Å². The molecular formula is C17H12BrN3S. The number of rotatable bonds is 2. The molecule has 0 saturated carbocycles. The van der Waals surface area contributed by atoms with Crippen LogP contribution >= 0.6 is 27.3 Å². The number of fused-ring (bicyclic) bond motifs is 1. The van der Waals surface area contributed by atoms with Crippen molar-refractivity contribution in [2.75, 3.05) is 0 Å². The van der Waals surface area contributed by atoms with Crippen molar-refractivity contribution in [3.8, 4) is 22.0 Å². The lowest BCUT2D eigenvalue weighted by atomic mass is 10.1. The van der Waals surface area contributed by atoms with Crippen LogP contribution in [0.1, 0.15) is 4.88 Å². The van der Waals surface area contributed by atoms with Gasteiger partial charge in [0.15, 0.2) is 0 Å². The zero-order chi connectivity index (χ0) is 15.1. The van der Waals surface area contributed by atoms with Crippen LogP contribution in [0.25, 0.3) is 32.9 Å². The van der Waals surface area contributed by atoms with Gasteiger partial charge >= 0.3 is 0 Å². The third-order valence-corrected chi connectivity index (χ3v) is 5.09. The maximum Gasteiger partial charge on any atom is 0.145 e. The van der Waals surface area contributed by atoms with Crippen LogP contribution in [0.15, 0.2) is 53.0 Å². The summed E-state index contributed by atoms with van der Waals surface area (Å²) in [6, 6.07) is 16.4. The van der Waals surface area contributed by atoms with Gasteiger partial charge in [-0.15, -0.1) is 11.3 Å². The topological polar surface area (TPSA) is 41.6 Å². The Labute approximate surface area is 140 Å². The fraction of sp³-hybridized carbons (Fsp3) is 0.0588. The lowest BCUT2D eigenvalue weighted by molar-refractivity contribution is 1.12. The van der Waals surface area contributed by atoms with Crippen LogP contribution < -0.4 is 0 Å². The molecule has 0 aliphatic heterocycles. The molecule has 0 amide bonds. The first-order valence-corrected chi connectivity index (χ1v) is 8.50. The molecule has 0 aliphatic carbocycles. The Kier molecular flexibility index (Phi) is 3.32. The fourth-order valence-corrected chi connectivity index (χ4v) is 3.70. The summed E-state index contributed by atoms with van der Waals surface area (Å²) in [6.45, 7) is 2.10. The number of nitrogens with zero attached hydrogens (tertiary/aromatic N) is 2. The second-order valence-corrected chi connectivity index (χ2v) is 7.17. The quantitative estimate of drug-likeness (QED) is 0.512. The highest BCUT2D eigenvalue weighted by molar-refractivity contribution is 9.10. The second kappa shape index (κ2) is 5.34. The van der Waals surface area contributed by atoms with Crippen LogP contribution in [0.2, 0.25) is 0 Å². The van der Waals surface area contributed by atoms with Crippen molar-refractivity contribution in [3.05, 3.63) is 57.9 Å². The van der Waals surface area contributed by atoms with Gasteiger partial charge in [0.05, 0.1) is 11.2 Å². The standard InChI is InChI=1S/C17H12BrN3S/c1-10-15(11-6-8-12(18)9-7-11)19-17(22-10)16-13-4-2-3-5-14(13)20-21-16/h2-9H,1H3,(H,20,21). The molecule has 1 N–H and O–H groups in total. The number of halogens is 1. The van der Waals surface area contributed by atoms with Crippen LogP contribution in [0, 0.1) is 6.92 Å². The van der Waals surface area contributed by atoms with Gasteiger partial charge in [-0.3, -0.25) is 5.10 Å². The number of H-pyrrole nitrogens is 1. The fourth-order valence-electron chi connectivity index (χ4n) is 2.50. The maximum atomic E-state index is 4.82. The monoisotopic (exact) mass is 369 g/mol. The van der Waals surface area contributed by atoms with E-state index in [9.17, 15) is 0 Å². The Hall–Kier alpha value is -1.98. The number of aromatic nitrogens is 3. The van der Waals surface area contributed by atoms with E-state index in [0.29, 0.717) is 0 Å². The summed E-state index contributed by atoms with van der Waals surface area (Å²) in [4.78, 5) is 6.02. The first-order valence-electron chi connectivity index (χ1n) is 6.89. The predicted molar refractivity (Wildman–Crippen MR) is 95.1 cm³/mol. The van der Waals surface area contributed by atoms with E-state index in [1.165, 1.54) is 4.88 Å². The first-order chi connectivity index (χ1) is 10.7. The molecule has 3 nitrogen and oxygen atoms in total. The van der Waals surface area contributed by atoms with Crippen LogP contribution in [0.4, 0.5) is 0 Å². The summed E-state index contributed by atoms with van der Waals surface area (Å²) in [6.07, 6.45) is 0. The summed E-state index contributed by atoms with van der Waals surface area (Å²) in [5.74, 6) is 0. The molecule has 2 aromatic heterocycles. The molecule has 0 atom stereocenters. The molecule has 0 bridgehead atoms. The maximum absolute atomic E-state index is 4.82. The van der Waals surface area contributed by atoms with Gasteiger partial charge in [0, 0.05) is 20.3 Å². The molecule has 0 saturated heterocycles. The number of hydrogen-bond donors (Lipinski definition) is 1. The van der Waals surface area contributed by atoms with Crippen molar-refractivity contribution >= 4 is 38.2 Å². The van der Waals surface area contributed by atoms with E-state index >= 15 is 0 Å². The molecule has 4 aromatic rings. The minimum absolute atomic E-state index is 0.923. The Balaban J connectivity index is 1.84. The van der Waals surface area contributed by atoms with Gasteiger partial charge in [0.25, 0.3) is 0 Å². The third kappa shape index (κ3) is 2.26. The zero-order valence-corrected chi connectivity index (χ0v) is 14.2. The van der Waals surface area contributed by atoms with Crippen molar-refractivity contribution in [3.63, 3.8) is 0 Å². The summed E-state index contributed by atoms with van der Waals surface area (Å²) in [7, 11) is 0. The molecule has 22 heavy (non-hydrogen) atoms. The largest absolute Gasteiger partial charge is 0.277 e. The van der Waals surface area contributed by atoms with Crippen LogP contribution in [0.5, 0.6) is 0 Å². The van der Waals surface area contributed by atoms with Crippen LogP contribution in [-0.2, 0) is 0 Å². The number of aromatic amines is 1. The van der Waals surface area contributed by atoms with Crippen molar-refractivity contribution in [1.29, 1.82) is 0 Å². The molecular weight excluding hydrogens is 358 g/mol. The molecule has 0 aliphatic rings. The Morgan fingerprint density at radius 2 is 1.77 bits per heavy atom. The Morgan fingerprint density at radius 3 is 2.59 bits per heavy atom. The van der Waals surface area contributed by atoms with Crippen molar-refractivity contribution in [2.45, 2.75) is 6.92 Å². The summed E-state index contributed by atoms with van der Waals surface area (Å²) in [5, 5.41) is 9.58. The summed E-state index contributed by atoms with van der Waals surface area (Å²) in [5.41, 5.74) is 4.12. The van der Waals surface area contributed by atoms with E-state index in [-0.39, 0.29) is 0 Å². The summed E-state index contributed by atoms with van der Waals surface area (Å²) >= 11 is 5.15. The molecule has 0 radical (unpaired) electrons. The zero-order valence-electron chi connectivity index (χ0n) is 11.8. The molecule has 0 spiro atoms. The normalized spacial score (nSPS) is 11.2.